The molecule has 0 atom stereocenters. The second kappa shape index (κ2) is 3.06. The maximum atomic E-state index is 5.93. The summed E-state index contributed by atoms with van der Waals surface area (Å²) in [5.74, 6) is 3.45. The first kappa shape index (κ1) is 9.38. The third-order valence-corrected chi connectivity index (χ3v) is 3.72. The van der Waals surface area contributed by atoms with E-state index in [1.54, 1.807) is 0 Å². The van der Waals surface area contributed by atoms with Crippen LogP contribution in [0.1, 0.15) is 0 Å². The number of ether oxygens (including phenoxy) is 2. The molecule has 5 rings (SSSR count). The second-order valence-electron chi connectivity index (χ2n) is 4.75. The molecule has 0 saturated carbocycles. The Morgan fingerprint density at radius 2 is 1.32 bits per heavy atom. The van der Waals surface area contributed by atoms with E-state index in [0.717, 1.165) is 28.7 Å². The minimum atomic E-state index is 0.0729. The Labute approximate surface area is 109 Å². The van der Waals surface area contributed by atoms with Gasteiger partial charge in [-0.05, 0) is 48.8 Å². The van der Waals surface area contributed by atoms with Crippen LogP contribution < -0.4 is 14.9 Å². The third kappa shape index (κ3) is 1.05. The standard InChI is InChI=1S/C14H9BN2O2/c1-4-10-14-11(5-1)19-13-7-3-9-17(13)15(14)16-8-2-6-12(16)18-10/h1-9H. The van der Waals surface area contributed by atoms with Crippen LogP contribution in [0.25, 0.3) is 0 Å². The SMILES string of the molecule is c1cc2c3c(c1)Oc1cccn1B3n1cccc1O2. The molecule has 2 aliphatic rings. The molecule has 0 amide bonds. The molecular weight excluding hydrogens is 239 g/mol. The summed E-state index contributed by atoms with van der Waals surface area (Å²) in [7, 11) is 0. The Morgan fingerprint density at radius 3 is 1.89 bits per heavy atom. The van der Waals surface area contributed by atoms with Crippen LogP contribution in [0.15, 0.2) is 54.9 Å². The van der Waals surface area contributed by atoms with E-state index in [2.05, 4.69) is 8.96 Å². The zero-order valence-corrected chi connectivity index (χ0v) is 9.98. The van der Waals surface area contributed by atoms with E-state index in [-0.39, 0.29) is 6.98 Å². The van der Waals surface area contributed by atoms with E-state index < -0.39 is 0 Å². The Morgan fingerprint density at radius 1 is 0.737 bits per heavy atom. The van der Waals surface area contributed by atoms with Crippen LogP contribution in [-0.4, -0.2) is 15.9 Å². The molecule has 3 aromatic rings. The molecule has 90 valence electrons. The molecule has 2 aromatic heterocycles. The van der Waals surface area contributed by atoms with E-state index in [1.807, 2.05) is 54.9 Å². The molecule has 2 aliphatic heterocycles. The number of rotatable bonds is 0. The summed E-state index contributed by atoms with van der Waals surface area (Å²) in [6.07, 6.45) is 4.07. The fraction of sp³-hybridized carbons (Fsp3) is 0. The number of benzene rings is 1. The predicted molar refractivity (Wildman–Crippen MR) is 71.6 cm³/mol. The molecule has 0 bridgehead atoms. The van der Waals surface area contributed by atoms with Crippen LogP contribution in [0, 0.1) is 0 Å². The van der Waals surface area contributed by atoms with E-state index in [1.165, 1.54) is 0 Å². The van der Waals surface area contributed by atoms with E-state index >= 15 is 0 Å². The van der Waals surface area contributed by atoms with Crippen molar-refractivity contribution < 1.29 is 9.47 Å². The summed E-state index contributed by atoms with van der Waals surface area (Å²) >= 11 is 0. The van der Waals surface area contributed by atoms with Gasteiger partial charge < -0.3 is 18.4 Å². The molecule has 0 aliphatic carbocycles. The van der Waals surface area contributed by atoms with Crippen LogP contribution in [0.3, 0.4) is 0 Å². The fourth-order valence-electron chi connectivity index (χ4n) is 2.93. The lowest BCUT2D eigenvalue weighted by Gasteiger charge is -2.32. The van der Waals surface area contributed by atoms with Crippen LogP contribution in [0.2, 0.25) is 0 Å². The highest BCUT2D eigenvalue weighted by atomic mass is 16.5. The van der Waals surface area contributed by atoms with Crippen molar-refractivity contribution in [3.63, 3.8) is 0 Å². The molecule has 0 unspecified atom stereocenters. The maximum absolute atomic E-state index is 5.93. The Kier molecular flexibility index (Phi) is 1.51. The monoisotopic (exact) mass is 248 g/mol. The molecule has 4 nitrogen and oxygen atoms in total. The third-order valence-electron chi connectivity index (χ3n) is 3.72. The van der Waals surface area contributed by atoms with Crippen molar-refractivity contribution in [3.8, 4) is 23.3 Å². The first-order valence-corrected chi connectivity index (χ1v) is 6.24. The highest BCUT2D eigenvalue weighted by Gasteiger charge is 2.39. The average Bonchev–Trinajstić information content (AvgIpc) is 3.05. The summed E-state index contributed by atoms with van der Waals surface area (Å²) in [6.45, 7) is 0.0729. The molecule has 0 radical (unpaired) electrons. The van der Waals surface area contributed by atoms with Crippen molar-refractivity contribution in [2.75, 3.05) is 0 Å². The molecule has 0 saturated heterocycles. The van der Waals surface area contributed by atoms with E-state index in [4.69, 9.17) is 9.47 Å². The van der Waals surface area contributed by atoms with Crippen molar-refractivity contribution >= 4 is 12.4 Å². The van der Waals surface area contributed by atoms with Gasteiger partial charge in [0.05, 0.1) is 5.46 Å². The largest absolute Gasteiger partial charge is 0.442 e. The quantitative estimate of drug-likeness (QED) is 0.393. The number of hydrogen-bond acceptors (Lipinski definition) is 2. The van der Waals surface area contributed by atoms with Crippen molar-refractivity contribution in [2.45, 2.75) is 0 Å². The molecule has 0 spiro atoms. The molecule has 0 N–H and O–H groups in total. The van der Waals surface area contributed by atoms with Crippen molar-refractivity contribution in [2.24, 2.45) is 0 Å². The van der Waals surface area contributed by atoms with Crippen molar-refractivity contribution in [1.29, 1.82) is 0 Å². The van der Waals surface area contributed by atoms with Gasteiger partial charge in [-0.1, -0.05) is 6.07 Å². The van der Waals surface area contributed by atoms with Crippen LogP contribution in [0.4, 0.5) is 0 Å². The second-order valence-corrected chi connectivity index (χ2v) is 4.75. The lowest BCUT2D eigenvalue weighted by molar-refractivity contribution is 0.423. The van der Waals surface area contributed by atoms with Gasteiger partial charge in [0.25, 0.3) is 0 Å². The molecular formula is C14H9BN2O2. The van der Waals surface area contributed by atoms with Gasteiger partial charge in [0, 0.05) is 0 Å². The predicted octanol–water partition coefficient (Wildman–Crippen LogP) is 2.29. The van der Waals surface area contributed by atoms with Gasteiger partial charge >= 0.3 is 6.98 Å². The lowest BCUT2D eigenvalue weighted by Crippen LogP contribution is -2.50. The summed E-state index contributed by atoms with van der Waals surface area (Å²) in [5.41, 5.74) is 1.08. The topological polar surface area (TPSA) is 28.3 Å². The molecule has 1 aromatic carbocycles. The summed E-state index contributed by atoms with van der Waals surface area (Å²) in [6, 6.07) is 13.9. The fourth-order valence-corrected chi connectivity index (χ4v) is 2.93. The minimum Gasteiger partial charge on any atom is -0.442 e. The zero-order valence-electron chi connectivity index (χ0n) is 9.98. The average molecular weight is 248 g/mol. The molecule has 4 heterocycles. The number of nitrogens with zero attached hydrogens (tertiary/aromatic N) is 2. The van der Waals surface area contributed by atoms with E-state index in [9.17, 15) is 0 Å². The minimum absolute atomic E-state index is 0.0729. The van der Waals surface area contributed by atoms with Crippen molar-refractivity contribution in [3.05, 3.63) is 54.9 Å². The Balaban J connectivity index is 1.89. The normalized spacial score (nSPS) is 14.0. The van der Waals surface area contributed by atoms with E-state index in [0.29, 0.717) is 0 Å². The van der Waals surface area contributed by atoms with Gasteiger partial charge in [-0.3, -0.25) is 0 Å². The Hall–Kier alpha value is -2.56. The van der Waals surface area contributed by atoms with Crippen molar-refractivity contribution in [1.82, 2.24) is 8.96 Å². The molecule has 0 fully saturated rings. The highest BCUT2D eigenvalue weighted by molar-refractivity contribution is 6.73. The number of aromatic nitrogens is 2. The summed E-state index contributed by atoms with van der Waals surface area (Å²) < 4.78 is 16.1. The zero-order chi connectivity index (χ0) is 12.4. The molecule has 19 heavy (non-hydrogen) atoms. The smallest absolute Gasteiger partial charge is 0.432 e. The van der Waals surface area contributed by atoms with Gasteiger partial charge in [0.2, 0.25) is 0 Å². The summed E-state index contributed by atoms with van der Waals surface area (Å²) in [4.78, 5) is 0. The van der Waals surface area contributed by atoms with Gasteiger partial charge in [-0.25, -0.2) is 0 Å². The maximum Gasteiger partial charge on any atom is 0.432 e. The van der Waals surface area contributed by atoms with Gasteiger partial charge in [0.1, 0.15) is 11.5 Å². The number of hydrogen-bond donors (Lipinski definition) is 0. The first-order chi connectivity index (χ1) is 9.42. The molecule has 5 heteroatoms. The van der Waals surface area contributed by atoms with Gasteiger partial charge in [-0.2, -0.15) is 0 Å². The first-order valence-electron chi connectivity index (χ1n) is 6.24. The lowest BCUT2D eigenvalue weighted by atomic mass is 9.65. The van der Waals surface area contributed by atoms with Crippen LogP contribution in [-0.2, 0) is 0 Å². The van der Waals surface area contributed by atoms with Gasteiger partial charge in [-0.15, -0.1) is 0 Å². The van der Waals surface area contributed by atoms with Crippen LogP contribution in [0.5, 0.6) is 23.3 Å². The Bertz CT molecular complexity index is 743. The highest BCUT2D eigenvalue weighted by Crippen LogP contribution is 2.36. The number of fused-ring (bicyclic) bond motifs is 4. The van der Waals surface area contributed by atoms with Crippen LogP contribution >= 0.6 is 0 Å². The van der Waals surface area contributed by atoms with Gasteiger partial charge in [0.15, 0.2) is 11.8 Å². The summed E-state index contributed by atoms with van der Waals surface area (Å²) in [5, 5.41) is 0.